The minimum Gasteiger partial charge on any atom is -0.498 e. The van der Waals surface area contributed by atoms with Crippen LogP contribution < -0.4 is 0 Å². The van der Waals surface area contributed by atoms with Gasteiger partial charge in [0.05, 0.1) is 0 Å². The summed E-state index contributed by atoms with van der Waals surface area (Å²) in [6.07, 6.45) is 2.85. The summed E-state index contributed by atoms with van der Waals surface area (Å²) < 4.78 is 0. The number of hydrogen-bond acceptors (Lipinski definition) is 0. The van der Waals surface area contributed by atoms with Crippen LogP contribution in [0.1, 0.15) is 41.5 Å². The summed E-state index contributed by atoms with van der Waals surface area (Å²) in [5.74, 6) is 1.42. The van der Waals surface area contributed by atoms with E-state index in [2.05, 4.69) is 54.2 Å². The van der Waals surface area contributed by atoms with E-state index in [1.165, 1.54) is 5.92 Å². The average Bonchev–Trinajstić information content (AvgIpc) is 1.63. The van der Waals surface area contributed by atoms with Crippen LogP contribution in [0.2, 0.25) is 0 Å². The second-order valence-corrected chi connectivity index (χ2v) is 3.93. The van der Waals surface area contributed by atoms with Crippen LogP contribution in [-0.2, 0) is 18.6 Å². The third kappa shape index (κ3) is 81.2. The van der Waals surface area contributed by atoms with Crippen LogP contribution in [0.15, 0.2) is 6.58 Å². The summed E-state index contributed by atoms with van der Waals surface area (Å²) in [6, 6.07) is 0. The SMILES string of the molecule is C=[C-]C(C)(C)C.C[C-](C)C.[CH3-].[V]. The van der Waals surface area contributed by atoms with Crippen molar-refractivity contribution in [2.45, 2.75) is 41.5 Å². The first-order chi connectivity index (χ1) is 4.29. The van der Waals surface area contributed by atoms with E-state index in [1.807, 2.05) is 0 Å². The molecule has 0 bridgehead atoms. The maximum Gasteiger partial charge on any atom is 0 e. The first kappa shape index (κ1) is 22.8. The molecule has 0 unspecified atom stereocenters. The summed E-state index contributed by atoms with van der Waals surface area (Å²) in [4.78, 5) is 0. The molecule has 0 nitrogen and oxygen atoms in total. The largest absolute Gasteiger partial charge is 0.498 e. The van der Waals surface area contributed by atoms with E-state index in [9.17, 15) is 0 Å². The molecule has 0 spiro atoms. The maximum absolute atomic E-state index is 3.51. The Labute approximate surface area is 91.7 Å². The van der Waals surface area contributed by atoms with Gasteiger partial charge < -0.3 is 19.4 Å². The van der Waals surface area contributed by atoms with E-state index < -0.39 is 0 Å². The molecule has 0 saturated carbocycles. The van der Waals surface area contributed by atoms with Gasteiger partial charge in [0.25, 0.3) is 0 Å². The molecule has 0 rings (SSSR count). The van der Waals surface area contributed by atoms with Gasteiger partial charge in [-0.05, 0) is 0 Å². The molecule has 75 valence electrons. The first-order valence-corrected chi connectivity index (χ1v) is 3.60. The van der Waals surface area contributed by atoms with Gasteiger partial charge in [-0.3, -0.25) is 6.58 Å². The van der Waals surface area contributed by atoms with Gasteiger partial charge in [0, 0.05) is 18.6 Å². The molecule has 0 atom stereocenters. The number of hydrogen-bond donors (Lipinski definition) is 0. The monoisotopic (exact) mass is 206 g/mol. The molecule has 1 heteroatoms. The summed E-state index contributed by atoms with van der Waals surface area (Å²) in [6.45, 7) is 16.0. The Morgan fingerprint density at radius 2 is 1.17 bits per heavy atom. The van der Waals surface area contributed by atoms with Gasteiger partial charge in [-0.25, -0.2) is 0 Å². The zero-order chi connectivity index (χ0) is 8.78. The van der Waals surface area contributed by atoms with Crippen molar-refractivity contribution in [1.29, 1.82) is 0 Å². The van der Waals surface area contributed by atoms with E-state index in [0.29, 0.717) is 0 Å². The Bertz CT molecular complexity index is 74.7. The van der Waals surface area contributed by atoms with Crippen LogP contribution in [0.4, 0.5) is 0 Å². The van der Waals surface area contributed by atoms with Crippen LogP contribution in [0, 0.1) is 24.8 Å². The molecule has 0 aromatic carbocycles. The van der Waals surface area contributed by atoms with Crippen molar-refractivity contribution in [3.8, 4) is 0 Å². The summed E-state index contributed by atoms with van der Waals surface area (Å²) >= 11 is 0. The smallest absolute Gasteiger partial charge is 0 e. The Kier molecular flexibility index (Phi) is 21.5. The summed E-state index contributed by atoms with van der Waals surface area (Å²) in [5, 5.41) is 0. The Hall–Kier alpha value is 0.324. The standard InChI is InChI=1S/C6H11.C4H9.CH3.V/c1-5-6(2,3)4;1-4(2)3;;/h1H2,2-4H3;1-3H3;1H3;/q3*-1;. The van der Waals surface area contributed by atoms with Crippen molar-refractivity contribution in [3.05, 3.63) is 26.0 Å². The average molecular weight is 206 g/mol. The molecule has 0 aromatic heterocycles. The molecule has 0 amide bonds. The van der Waals surface area contributed by atoms with E-state index in [4.69, 9.17) is 0 Å². The van der Waals surface area contributed by atoms with Gasteiger partial charge in [-0.2, -0.15) is 26.2 Å². The molecule has 0 heterocycles. The zero-order valence-electron chi connectivity index (χ0n) is 9.65. The second kappa shape index (κ2) is 11.3. The van der Waals surface area contributed by atoms with Gasteiger partial charge in [0.2, 0.25) is 0 Å². The molecule has 0 aliphatic rings. The first-order valence-electron chi connectivity index (χ1n) is 3.60. The van der Waals surface area contributed by atoms with Gasteiger partial charge in [-0.15, -0.1) is 0 Å². The quantitative estimate of drug-likeness (QED) is 0.524. The van der Waals surface area contributed by atoms with Gasteiger partial charge >= 0.3 is 0 Å². The molecule has 0 aliphatic heterocycles. The van der Waals surface area contributed by atoms with Crippen LogP contribution >= 0.6 is 0 Å². The Morgan fingerprint density at radius 3 is 1.17 bits per heavy atom. The van der Waals surface area contributed by atoms with Crippen LogP contribution in [0.3, 0.4) is 0 Å². The predicted molar refractivity (Wildman–Crippen MR) is 55.0 cm³/mol. The predicted octanol–water partition coefficient (Wildman–Crippen LogP) is 4.09. The van der Waals surface area contributed by atoms with Crippen molar-refractivity contribution in [3.63, 3.8) is 0 Å². The third-order valence-electron chi connectivity index (χ3n) is 0.530. The normalized spacial score (nSPS) is 8.58. The van der Waals surface area contributed by atoms with Crippen molar-refractivity contribution in [1.82, 2.24) is 0 Å². The molecule has 0 aliphatic carbocycles. The molecule has 0 aromatic rings. The third-order valence-corrected chi connectivity index (χ3v) is 0.530. The second-order valence-electron chi connectivity index (χ2n) is 3.93. The fourth-order valence-corrected chi connectivity index (χ4v) is 0. The van der Waals surface area contributed by atoms with Gasteiger partial charge in [0.1, 0.15) is 0 Å². The van der Waals surface area contributed by atoms with Crippen molar-refractivity contribution < 1.29 is 18.6 Å². The molecule has 0 fully saturated rings. The minimum atomic E-state index is 0. The van der Waals surface area contributed by atoms with E-state index in [1.54, 1.807) is 0 Å². The summed E-state index contributed by atoms with van der Waals surface area (Å²) in [7, 11) is 0. The molecule has 12 heavy (non-hydrogen) atoms. The molecule has 1 radical (unpaired) electrons. The summed E-state index contributed by atoms with van der Waals surface area (Å²) in [5.41, 5.74) is 0.181. The van der Waals surface area contributed by atoms with E-state index >= 15 is 0 Å². The molecular formula is C11H23V-3. The van der Waals surface area contributed by atoms with Gasteiger partial charge in [0.15, 0.2) is 0 Å². The fourth-order valence-electron chi connectivity index (χ4n) is 0. The Balaban J connectivity index is -0.0000000483. The van der Waals surface area contributed by atoms with Crippen molar-refractivity contribution in [2.24, 2.45) is 5.41 Å². The van der Waals surface area contributed by atoms with Crippen LogP contribution in [0.25, 0.3) is 0 Å². The zero-order valence-corrected chi connectivity index (χ0v) is 11.1. The van der Waals surface area contributed by atoms with E-state index in [0.717, 1.165) is 0 Å². The van der Waals surface area contributed by atoms with E-state index in [-0.39, 0.29) is 31.4 Å². The minimum absolute atomic E-state index is 0. The number of allylic oxidation sites excluding steroid dienone is 1. The topological polar surface area (TPSA) is 0 Å². The Morgan fingerprint density at radius 1 is 1.08 bits per heavy atom. The van der Waals surface area contributed by atoms with Crippen LogP contribution in [-0.4, -0.2) is 0 Å². The molecule has 0 N–H and O–H groups in total. The van der Waals surface area contributed by atoms with Crippen LogP contribution in [0.5, 0.6) is 0 Å². The van der Waals surface area contributed by atoms with Crippen molar-refractivity contribution >= 4 is 0 Å². The molecular weight excluding hydrogens is 183 g/mol. The number of rotatable bonds is 0. The fraction of sp³-hybridized carbons (Fsp3) is 0.636. The maximum atomic E-state index is 3.51. The molecule has 0 saturated heterocycles. The van der Waals surface area contributed by atoms with Crippen molar-refractivity contribution in [2.75, 3.05) is 0 Å². The van der Waals surface area contributed by atoms with Gasteiger partial charge in [-0.1, -0.05) is 20.8 Å².